The van der Waals surface area contributed by atoms with Gasteiger partial charge in [-0.05, 0) is 35.4 Å². The molecular formula is C18H25Cl2FN2O2. The van der Waals surface area contributed by atoms with Crippen molar-refractivity contribution < 1.29 is 14.2 Å². The van der Waals surface area contributed by atoms with Gasteiger partial charge in [-0.2, -0.15) is 0 Å². The maximum absolute atomic E-state index is 12.9. The van der Waals surface area contributed by atoms with E-state index in [1.807, 2.05) is 24.3 Å². The first-order chi connectivity index (χ1) is 11.3. The summed E-state index contributed by atoms with van der Waals surface area (Å²) in [7, 11) is 0. The van der Waals surface area contributed by atoms with E-state index in [4.69, 9.17) is 9.84 Å². The summed E-state index contributed by atoms with van der Waals surface area (Å²) in [6.07, 6.45) is 0. The summed E-state index contributed by atoms with van der Waals surface area (Å²) in [4.78, 5) is 0. The molecule has 0 aromatic heterocycles. The number of hydrogen-bond donors (Lipinski definition) is 3. The largest absolute Gasteiger partial charge is 0.489 e. The van der Waals surface area contributed by atoms with Crippen molar-refractivity contribution in [1.29, 1.82) is 0 Å². The Balaban J connectivity index is 0.00000288. The molecule has 2 aromatic rings. The Kier molecular flexibility index (Phi) is 13.1. The molecule has 0 bridgehead atoms. The van der Waals surface area contributed by atoms with Gasteiger partial charge in [0, 0.05) is 26.2 Å². The van der Waals surface area contributed by atoms with Crippen LogP contribution in [0.15, 0.2) is 48.5 Å². The first kappa shape index (κ1) is 23.6. The highest BCUT2D eigenvalue weighted by Crippen LogP contribution is 2.15. The van der Waals surface area contributed by atoms with Crippen molar-refractivity contribution in [1.82, 2.24) is 10.6 Å². The molecular weight excluding hydrogens is 366 g/mol. The van der Waals surface area contributed by atoms with Gasteiger partial charge in [0.2, 0.25) is 0 Å². The lowest BCUT2D eigenvalue weighted by atomic mass is 10.2. The van der Waals surface area contributed by atoms with E-state index in [9.17, 15) is 4.39 Å². The number of hydrogen-bond acceptors (Lipinski definition) is 4. The van der Waals surface area contributed by atoms with Crippen molar-refractivity contribution in [3.63, 3.8) is 0 Å². The number of aliphatic hydroxyl groups excluding tert-OH is 1. The molecule has 7 heteroatoms. The van der Waals surface area contributed by atoms with Crippen LogP contribution in [-0.2, 0) is 13.2 Å². The van der Waals surface area contributed by atoms with Crippen LogP contribution in [0.1, 0.15) is 11.1 Å². The number of ether oxygens (including phenoxy) is 1. The number of halogens is 3. The van der Waals surface area contributed by atoms with E-state index in [2.05, 4.69) is 10.6 Å². The number of benzene rings is 2. The van der Waals surface area contributed by atoms with Gasteiger partial charge in [-0.3, -0.25) is 0 Å². The topological polar surface area (TPSA) is 53.5 Å². The van der Waals surface area contributed by atoms with Crippen molar-refractivity contribution in [3.05, 3.63) is 65.5 Å². The molecule has 25 heavy (non-hydrogen) atoms. The third kappa shape index (κ3) is 9.63. The fraction of sp³-hybridized carbons (Fsp3) is 0.333. The summed E-state index contributed by atoms with van der Waals surface area (Å²) >= 11 is 0. The molecule has 0 heterocycles. The van der Waals surface area contributed by atoms with Gasteiger partial charge in [0.1, 0.15) is 18.2 Å². The van der Waals surface area contributed by atoms with Crippen molar-refractivity contribution in [2.24, 2.45) is 0 Å². The number of aliphatic hydroxyl groups is 1. The van der Waals surface area contributed by atoms with E-state index < -0.39 is 0 Å². The monoisotopic (exact) mass is 390 g/mol. The van der Waals surface area contributed by atoms with Crippen molar-refractivity contribution >= 4 is 24.8 Å². The molecule has 2 aromatic carbocycles. The Labute approximate surface area is 160 Å². The predicted octanol–water partition coefficient (Wildman–Crippen LogP) is 2.92. The van der Waals surface area contributed by atoms with E-state index in [0.717, 1.165) is 36.5 Å². The third-order valence-electron chi connectivity index (χ3n) is 3.31. The highest BCUT2D eigenvalue weighted by atomic mass is 35.5. The van der Waals surface area contributed by atoms with Crippen LogP contribution < -0.4 is 15.4 Å². The Hall–Kier alpha value is -1.37. The van der Waals surface area contributed by atoms with Gasteiger partial charge in [0.05, 0.1) is 6.61 Å². The standard InChI is InChI=1S/C18H23FN2O2.2ClH/c19-17-6-4-15(5-7-17)14-23-18-3-1-2-16(12-18)13-21-9-8-20-10-11-22;;/h1-7,12,20-22H,8-11,13-14H2;2*1H. The zero-order valence-electron chi connectivity index (χ0n) is 13.9. The average Bonchev–Trinajstić information content (AvgIpc) is 2.58. The summed E-state index contributed by atoms with van der Waals surface area (Å²) < 4.78 is 18.6. The highest BCUT2D eigenvalue weighted by Gasteiger charge is 1.99. The predicted molar refractivity (Wildman–Crippen MR) is 103 cm³/mol. The Morgan fingerprint density at radius 2 is 1.60 bits per heavy atom. The van der Waals surface area contributed by atoms with E-state index in [1.54, 1.807) is 12.1 Å². The van der Waals surface area contributed by atoms with Crippen LogP contribution in [0.2, 0.25) is 0 Å². The molecule has 0 fully saturated rings. The second-order valence-electron chi connectivity index (χ2n) is 5.21. The van der Waals surface area contributed by atoms with E-state index in [0.29, 0.717) is 13.2 Å². The maximum atomic E-state index is 12.9. The molecule has 0 aliphatic heterocycles. The lowest BCUT2D eigenvalue weighted by Crippen LogP contribution is -2.28. The minimum Gasteiger partial charge on any atom is -0.489 e. The molecule has 4 nitrogen and oxygen atoms in total. The van der Waals surface area contributed by atoms with Crippen LogP contribution in [-0.4, -0.2) is 31.3 Å². The van der Waals surface area contributed by atoms with Gasteiger partial charge in [-0.25, -0.2) is 4.39 Å². The summed E-state index contributed by atoms with van der Waals surface area (Å²) in [6, 6.07) is 14.2. The molecule has 0 amide bonds. The molecule has 0 aliphatic carbocycles. The van der Waals surface area contributed by atoms with E-state index in [1.165, 1.54) is 12.1 Å². The Bertz CT molecular complexity index is 586. The van der Waals surface area contributed by atoms with Gasteiger partial charge >= 0.3 is 0 Å². The molecule has 140 valence electrons. The molecule has 0 spiro atoms. The molecule has 0 aliphatic rings. The molecule has 0 radical (unpaired) electrons. The van der Waals surface area contributed by atoms with Gasteiger partial charge in [-0.15, -0.1) is 24.8 Å². The van der Waals surface area contributed by atoms with E-state index in [-0.39, 0.29) is 37.2 Å². The normalized spacial score (nSPS) is 9.84. The van der Waals surface area contributed by atoms with Crippen LogP contribution in [0.3, 0.4) is 0 Å². The first-order valence-corrected chi connectivity index (χ1v) is 7.76. The second-order valence-corrected chi connectivity index (χ2v) is 5.21. The van der Waals surface area contributed by atoms with Crippen LogP contribution >= 0.6 is 24.8 Å². The summed E-state index contributed by atoms with van der Waals surface area (Å²) in [5.41, 5.74) is 2.08. The lowest BCUT2D eigenvalue weighted by molar-refractivity contribution is 0.292. The summed E-state index contributed by atoms with van der Waals surface area (Å²) in [5.74, 6) is 0.558. The third-order valence-corrected chi connectivity index (χ3v) is 3.31. The molecule has 0 saturated carbocycles. The fourth-order valence-electron chi connectivity index (χ4n) is 2.11. The SMILES string of the molecule is Cl.Cl.OCCNCCNCc1cccc(OCc2ccc(F)cc2)c1. The molecule has 0 atom stereocenters. The van der Waals surface area contributed by atoms with E-state index >= 15 is 0 Å². The summed E-state index contributed by atoms with van der Waals surface area (Å²) in [6.45, 7) is 3.61. The van der Waals surface area contributed by atoms with Crippen LogP contribution in [0.4, 0.5) is 4.39 Å². The van der Waals surface area contributed by atoms with Gasteiger partial charge < -0.3 is 20.5 Å². The fourth-order valence-corrected chi connectivity index (χ4v) is 2.11. The van der Waals surface area contributed by atoms with Crippen molar-refractivity contribution in [2.45, 2.75) is 13.2 Å². The van der Waals surface area contributed by atoms with Crippen LogP contribution in [0.5, 0.6) is 5.75 Å². The highest BCUT2D eigenvalue weighted by molar-refractivity contribution is 5.85. The zero-order valence-corrected chi connectivity index (χ0v) is 15.5. The number of rotatable bonds is 10. The minimum atomic E-state index is -0.240. The van der Waals surface area contributed by atoms with Crippen LogP contribution in [0, 0.1) is 5.82 Å². The van der Waals surface area contributed by atoms with Crippen molar-refractivity contribution in [2.75, 3.05) is 26.2 Å². The van der Waals surface area contributed by atoms with Crippen molar-refractivity contribution in [3.8, 4) is 5.75 Å². The molecule has 0 saturated heterocycles. The van der Waals surface area contributed by atoms with Gasteiger partial charge in [0.15, 0.2) is 0 Å². The molecule has 3 N–H and O–H groups in total. The number of nitrogens with one attached hydrogen (secondary N) is 2. The lowest BCUT2D eigenvalue weighted by Gasteiger charge is -2.09. The minimum absolute atomic E-state index is 0. The Morgan fingerprint density at radius 3 is 2.32 bits per heavy atom. The molecule has 2 rings (SSSR count). The Morgan fingerprint density at radius 1 is 0.880 bits per heavy atom. The maximum Gasteiger partial charge on any atom is 0.123 e. The average molecular weight is 391 g/mol. The smallest absolute Gasteiger partial charge is 0.123 e. The molecule has 0 unspecified atom stereocenters. The van der Waals surface area contributed by atoms with Gasteiger partial charge in [-0.1, -0.05) is 24.3 Å². The first-order valence-electron chi connectivity index (χ1n) is 7.76. The second kappa shape index (κ2) is 13.9. The van der Waals surface area contributed by atoms with Crippen LogP contribution in [0.25, 0.3) is 0 Å². The zero-order chi connectivity index (χ0) is 16.3. The van der Waals surface area contributed by atoms with Gasteiger partial charge in [0.25, 0.3) is 0 Å². The quantitative estimate of drug-likeness (QED) is 0.546. The summed E-state index contributed by atoms with van der Waals surface area (Å²) in [5, 5.41) is 15.1.